The molecule has 0 spiro atoms. The summed E-state index contributed by atoms with van der Waals surface area (Å²) in [4.78, 5) is 74.2. The molecule has 0 aliphatic carbocycles. The Balaban J connectivity index is 5.65. The smallest absolute Gasteiger partial charge is 0.245 e. The van der Waals surface area contributed by atoms with Gasteiger partial charge < -0.3 is 48.4 Å². The summed E-state index contributed by atoms with van der Waals surface area (Å²) in [6.07, 6.45) is 3.98. The van der Waals surface area contributed by atoms with Crippen LogP contribution >= 0.6 is 11.8 Å². The number of unbranched alkanes of at least 4 members (excludes halogenated alkanes) is 1. The first-order valence-corrected chi connectivity index (χ1v) is 14.8. The molecule has 0 aliphatic rings. The lowest BCUT2D eigenvalue weighted by Gasteiger charge is -2.26. The fraction of sp³-hybridized carbons (Fsp3) is 0.760. The average Bonchev–Trinajstić information content (AvgIpc) is 2.90. The largest absolute Gasteiger partial charge is 0.394 e. The van der Waals surface area contributed by atoms with E-state index in [1.165, 1.54) is 11.8 Å². The van der Waals surface area contributed by atoms with E-state index in [0.717, 1.165) is 0 Å². The molecule has 0 aromatic heterocycles. The second-order valence-corrected chi connectivity index (χ2v) is 10.9. The number of aliphatic hydroxyl groups is 1. The van der Waals surface area contributed by atoms with Crippen LogP contribution in [0.25, 0.3) is 0 Å². The summed E-state index contributed by atoms with van der Waals surface area (Å²) in [6.45, 7) is 3.37. The van der Waals surface area contributed by atoms with Crippen LogP contribution in [0.3, 0.4) is 0 Å². The number of carbonyl (C=O) groups is 6. The number of carbonyl (C=O) groups excluding carboxylic acids is 6. The number of aliphatic hydroxyl groups excluding tert-OH is 1. The van der Waals surface area contributed by atoms with Crippen molar-refractivity contribution in [1.29, 1.82) is 0 Å². The highest BCUT2D eigenvalue weighted by Gasteiger charge is 2.30. The molecule has 11 N–H and O–H groups in total. The summed E-state index contributed by atoms with van der Waals surface area (Å²) in [5.74, 6) is -2.81. The fourth-order valence-corrected chi connectivity index (χ4v) is 4.14. The van der Waals surface area contributed by atoms with Crippen LogP contribution in [-0.2, 0) is 28.8 Å². The molecule has 230 valence electrons. The van der Waals surface area contributed by atoms with Gasteiger partial charge in [0.2, 0.25) is 29.5 Å². The first-order valence-electron chi connectivity index (χ1n) is 13.4. The van der Waals surface area contributed by atoms with Crippen LogP contribution in [0.5, 0.6) is 0 Å². The van der Waals surface area contributed by atoms with Crippen LogP contribution in [0.2, 0.25) is 0 Å². The molecule has 40 heavy (non-hydrogen) atoms. The first-order chi connectivity index (χ1) is 18.9. The lowest BCUT2D eigenvalue weighted by molar-refractivity contribution is -0.135. The summed E-state index contributed by atoms with van der Waals surface area (Å²) in [5.41, 5.74) is 16.6. The molecule has 0 aromatic carbocycles. The molecule has 0 fully saturated rings. The second kappa shape index (κ2) is 21.1. The van der Waals surface area contributed by atoms with Crippen molar-refractivity contribution in [3.05, 3.63) is 0 Å². The highest BCUT2D eigenvalue weighted by atomic mass is 32.2. The number of rotatable bonds is 22. The predicted octanol–water partition coefficient (Wildman–Crippen LogP) is -2.36. The Hall–Kier alpha value is -2.75. The minimum atomic E-state index is -1.37. The van der Waals surface area contributed by atoms with E-state index in [0.29, 0.717) is 44.3 Å². The number of aldehydes is 1. The Morgan fingerprint density at radius 2 is 1.40 bits per heavy atom. The van der Waals surface area contributed by atoms with E-state index in [4.69, 9.17) is 17.2 Å². The van der Waals surface area contributed by atoms with Gasteiger partial charge in [-0.2, -0.15) is 11.8 Å². The highest BCUT2D eigenvalue weighted by molar-refractivity contribution is 7.98. The lowest BCUT2D eigenvalue weighted by Crippen LogP contribution is -2.59. The van der Waals surface area contributed by atoms with E-state index in [2.05, 4.69) is 21.3 Å². The summed E-state index contributed by atoms with van der Waals surface area (Å²) in [5, 5.41) is 19.7. The van der Waals surface area contributed by atoms with Crippen molar-refractivity contribution < 1.29 is 33.9 Å². The lowest BCUT2D eigenvalue weighted by atomic mass is 10.0. The van der Waals surface area contributed by atoms with Gasteiger partial charge in [-0.1, -0.05) is 13.8 Å². The number of nitrogens with two attached hydrogens (primary N) is 3. The van der Waals surface area contributed by atoms with Crippen molar-refractivity contribution in [3.63, 3.8) is 0 Å². The zero-order valence-electron chi connectivity index (χ0n) is 23.6. The molecule has 0 saturated carbocycles. The van der Waals surface area contributed by atoms with Crippen molar-refractivity contribution in [2.75, 3.05) is 25.2 Å². The fourth-order valence-electron chi connectivity index (χ4n) is 3.65. The van der Waals surface area contributed by atoms with Gasteiger partial charge in [0, 0.05) is 6.42 Å². The number of nitrogens with one attached hydrogen (secondary N) is 4. The molecule has 14 nitrogen and oxygen atoms in total. The van der Waals surface area contributed by atoms with Crippen molar-refractivity contribution in [1.82, 2.24) is 21.3 Å². The third-order valence-corrected chi connectivity index (χ3v) is 6.54. The van der Waals surface area contributed by atoms with E-state index in [1.54, 1.807) is 0 Å². The highest BCUT2D eigenvalue weighted by Crippen LogP contribution is 2.07. The van der Waals surface area contributed by atoms with Gasteiger partial charge in [-0.15, -0.1) is 0 Å². The van der Waals surface area contributed by atoms with Gasteiger partial charge in [0.1, 0.15) is 24.4 Å². The quantitative estimate of drug-likeness (QED) is 0.0492. The number of hydrogen-bond donors (Lipinski definition) is 8. The molecule has 5 atom stereocenters. The zero-order chi connectivity index (χ0) is 30.7. The van der Waals surface area contributed by atoms with E-state index in [1.807, 2.05) is 20.1 Å². The summed E-state index contributed by atoms with van der Waals surface area (Å²) < 4.78 is 0. The van der Waals surface area contributed by atoms with E-state index < -0.39 is 66.4 Å². The van der Waals surface area contributed by atoms with Gasteiger partial charge in [-0.25, -0.2) is 0 Å². The molecule has 0 rings (SSSR count). The van der Waals surface area contributed by atoms with E-state index in [-0.39, 0.29) is 25.2 Å². The SMILES string of the molecule is CSCC[C@@H](C=O)NC(=O)[C@H](CCC(N)=O)NC(=O)[C@H](CCCCN)NC(=O)[C@H](CO)NC(=O)[C@@H](N)CC(C)C. The Bertz CT molecular complexity index is 831. The zero-order valence-corrected chi connectivity index (χ0v) is 24.5. The maximum atomic E-state index is 13.2. The monoisotopic (exact) mass is 589 g/mol. The number of thioether (sulfide) groups is 1. The van der Waals surface area contributed by atoms with Crippen molar-refractivity contribution in [2.24, 2.45) is 23.1 Å². The van der Waals surface area contributed by atoms with Crippen molar-refractivity contribution in [2.45, 2.75) is 89.0 Å². The maximum absolute atomic E-state index is 13.2. The molecule has 0 heterocycles. The molecule has 0 bridgehead atoms. The molecule has 15 heteroatoms. The van der Waals surface area contributed by atoms with Crippen molar-refractivity contribution in [3.8, 4) is 0 Å². The van der Waals surface area contributed by atoms with Crippen LogP contribution in [0.4, 0.5) is 0 Å². The Kier molecular flexibility index (Phi) is 19.6. The average molecular weight is 590 g/mol. The molecule has 5 amide bonds. The molecule has 0 unspecified atom stereocenters. The second-order valence-electron chi connectivity index (χ2n) is 9.92. The molecular weight excluding hydrogens is 542 g/mol. The van der Waals surface area contributed by atoms with Gasteiger partial charge in [-0.3, -0.25) is 24.0 Å². The molecule has 0 aromatic rings. The number of amides is 5. The minimum absolute atomic E-state index is 0.129. The summed E-state index contributed by atoms with van der Waals surface area (Å²) >= 11 is 1.49. The van der Waals surface area contributed by atoms with Crippen LogP contribution in [0, 0.1) is 5.92 Å². The van der Waals surface area contributed by atoms with E-state index in [9.17, 15) is 33.9 Å². The predicted molar refractivity (Wildman–Crippen MR) is 153 cm³/mol. The minimum Gasteiger partial charge on any atom is -0.394 e. The maximum Gasteiger partial charge on any atom is 0.245 e. The van der Waals surface area contributed by atoms with Crippen molar-refractivity contribution >= 4 is 47.6 Å². The van der Waals surface area contributed by atoms with Gasteiger partial charge >= 0.3 is 0 Å². The molecular formula is C25H47N7O7S. The third kappa shape index (κ3) is 15.7. The molecule has 0 saturated heterocycles. The van der Waals surface area contributed by atoms with Crippen LogP contribution in [0.1, 0.15) is 58.8 Å². The Morgan fingerprint density at radius 3 is 1.90 bits per heavy atom. The summed E-state index contributed by atoms with van der Waals surface area (Å²) in [6, 6.07) is -5.41. The van der Waals surface area contributed by atoms with Crippen LogP contribution in [0.15, 0.2) is 0 Å². The van der Waals surface area contributed by atoms with Crippen LogP contribution in [-0.4, -0.2) is 96.3 Å². The van der Waals surface area contributed by atoms with Gasteiger partial charge in [0.15, 0.2) is 0 Å². The topological polar surface area (TPSA) is 249 Å². The Morgan fingerprint density at radius 1 is 0.850 bits per heavy atom. The number of primary amides is 1. The normalized spacial score (nSPS) is 14.8. The van der Waals surface area contributed by atoms with Gasteiger partial charge in [0.05, 0.1) is 18.7 Å². The van der Waals surface area contributed by atoms with Crippen LogP contribution < -0.4 is 38.5 Å². The molecule has 0 radical (unpaired) electrons. The van der Waals surface area contributed by atoms with Gasteiger partial charge in [-0.05, 0) is 63.0 Å². The van der Waals surface area contributed by atoms with E-state index >= 15 is 0 Å². The third-order valence-electron chi connectivity index (χ3n) is 5.89. The standard InChI is InChI=1S/C25H47N7O7S/c1-15(2)12-17(27)22(36)32-20(14-34)25(39)30-18(6-4-5-10-26)24(38)31-19(7-8-21(28)35)23(37)29-16(13-33)9-11-40-3/h13,15-20,34H,4-12,14,26-27H2,1-3H3,(H2,28,35)(H,29,37)(H,30,39)(H,31,38)(H,32,36)/t16-,17-,18-,19-,20-/m0/s1. The Labute approximate surface area is 240 Å². The first kappa shape index (κ1) is 37.2. The summed E-state index contributed by atoms with van der Waals surface area (Å²) in [7, 11) is 0. The number of hydrogen-bond acceptors (Lipinski definition) is 10. The molecule has 0 aliphatic heterocycles. The van der Waals surface area contributed by atoms with Gasteiger partial charge in [0.25, 0.3) is 0 Å².